The lowest BCUT2D eigenvalue weighted by Gasteiger charge is -2.48. The SMILES string of the molecule is COC(=O)[C@H]1[C@H]2c3ccc(Br)cc3[C@H](c3ccc(Br)cc32)[C@H]1C(=O)O. The van der Waals surface area contributed by atoms with Crippen molar-refractivity contribution in [1.29, 1.82) is 0 Å². The molecular formula is C19H14Br2O4. The molecule has 0 fully saturated rings. The number of ether oxygens (including phenoxy) is 1. The maximum absolute atomic E-state index is 12.5. The number of carboxylic acid groups (broad SMARTS) is 1. The molecule has 0 spiro atoms. The van der Waals surface area contributed by atoms with Crippen molar-refractivity contribution in [2.45, 2.75) is 11.8 Å². The lowest BCUT2D eigenvalue weighted by Crippen LogP contribution is -2.47. The predicted octanol–water partition coefficient (Wildman–Crippen LogP) is 4.29. The topological polar surface area (TPSA) is 63.6 Å². The predicted molar refractivity (Wildman–Crippen MR) is 98.6 cm³/mol. The summed E-state index contributed by atoms with van der Waals surface area (Å²) in [6.07, 6.45) is 0. The number of halogens is 2. The molecule has 25 heavy (non-hydrogen) atoms. The molecule has 0 aliphatic heterocycles. The van der Waals surface area contributed by atoms with Gasteiger partial charge in [-0.1, -0.05) is 44.0 Å². The molecule has 3 aliphatic rings. The van der Waals surface area contributed by atoms with E-state index in [1.165, 1.54) is 7.11 Å². The van der Waals surface area contributed by atoms with Crippen LogP contribution in [0.15, 0.2) is 45.3 Å². The summed E-state index contributed by atoms with van der Waals surface area (Å²) in [6, 6.07) is 11.8. The smallest absolute Gasteiger partial charge is 0.310 e. The normalized spacial score (nSPS) is 25.9. The zero-order chi connectivity index (χ0) is 17.9. The molecule has 5 rings (SSSR count). The van der Waals surface area contributed by atoms with Crippen molar-refractivity contribution in [3.63, 3.8) is 0 Å². The summed E-state index contributed by atoms with van der Waals surface area (Å²) in [4.78, 5) is 24.7. The van der Waals surface area contributed by atoms with Gasteiger partial charge in [-0.3, -0.25) is 9.59 Å². The third-order valence-electron chi connectivity index (χ3n) is 5.30. The first-order valence-electron chi connectivity index (χ1n) is 7.83. The summed E-state index contributed by atoms with van der Waals surface area (Å²) in [5, 5.41) is 9.92. The van der Waals surface area contributed by atoms with Gasteiger partial charge in [0.05, 0.1) is 18.9 Å². The maximum Gasteiger partial charge on any atom is 0.310 e. The second-order valence-electron chi connectivity index (χ2n) is 6.41. The Kier molecular flexibility index (Phi) is 4.00. The van der Waals surface area contributed by atoms with Crippen LogP contribution < -0.4 is 0 Å². The molecule has 0 unspecified atom stereocenters. The molecule has 1 N–H and O–H groups in total. The Morgan fingerprint density at radius 3 is 1.80 bits per heavy atom. The Hall–Kier alpha value is -1.66. The maximum atomic E-state index is 12.5. The summed E-state index contributed by atoms with van der Waals surface area (Å²) in [5.74, 6) is -3.71. The van der Waals surface area contributed by atoms with Gasteiger partial charge in [0.2, 0.25) is 0 Å². The van der Waals surface area contributed by atoms with Gasteiger partial charge in [-0.25, -0.2) is 0 Å². The number of carbonyl (C=O) groups is 2. The molecule has 2 aromatic rings. The molecule has 4 atom stereocenters. The highest BCUT2D eigenvalue weighted by Gasteiger charge is 2.56. The number of carboxylic acids is 1. The molecule has 0 saturated carbocycles. The summed E-state index contributed by atoms with van der Waals surface area (Å²) < 4.78 is 6.79. The molecule has 0 radical (unpaired) electrons. The first-order valence-corrected chi connectivity index (χ1v) is 9.42. The molecule has 3 aliphatic carbocycles. The number of hydrogen-bond acceptors (Lipinski definition) is 3. The number of esters is 1. The minimum absolute atomic E-state index is 0.325. The van der Waals surface area contributed by atoms with E-state index < -0.39 is 23.8 Å². The van der Waals surface area contributed by atoms with E-state index in [0.29, 0.717) is 0 Å². The lowest BCUT2D eigenvalue weighted by molar-refractivity contribution is -0.158. The van der Waals surface area contributed by atoms with Gasteiger partial charge in [0, 0.05) is 20.8 Å². The molecule has 2 aromatic carbocycles. The summed E-state index contributed by atoms with van der Waals surface area (Å²) in [7, 11) is 1.31. The second kappa shape index (κ2) is 5.95. The first-order chi connectivity index (χ1) is 11.9. The van der Waals surface area contributed by atoms with Crippen LogP contribution in [-0.4, -0.2) is 24.2 Å². The van der Waals surface area contributed by atoms with E-state index in [-0.39, 0.29) is 11.8 Å². The fraction of sp³-hybridized carbons (Fsp3) is 0.263. The van der Waals surface area contributed by atoms with Gasteiger partial charge in [0.25, 0.3) is 0 Å². The van der Waals surface area contributed by atoms with Gasteiger partial charge in [-0.15, -0.1) is 0 Å². The van der Waals surface area contributed by atoms with Crippen LogP contribution in [0.1, 0.15) is 34.1 Å². The third-order valence-corrected chi connectivity index (χ3v) is 6.29. The van der Waals surface area contributed by atoms with Crippen molar-refractivity contribution in [1.82, 2.24) is 0 Å². The van der Waals surface area contributed by atoms with Crippen LogP contribution >= 0.6 is 31.9 Å². The number of rotatable bonds is 2. The summed E-state index contributed by atoms with van der Waals surface area (Å²) in [5.41, 5.74) is 3.96. The number of methoxy groups -OCH3 is 1. The molecule has 0 aromatic heterocycles. The van der Waals surface area contributed by atoms with Crippen LogP contribution in [0.4, 0.5) is 0 Å². The van der Waals surface area contributed by atoms with Crippen molar-refractivity contribution < 1.29 is 19.4 Å². The molecule has 0 heterocycles. The molecular weight excluding hydrogens is 452 g/mol. The standard InChI is InChI=1S/C19H14Br2O4/c1-25-19(24)17-15-11-5-3-8(20)6-12(11)14(16(17)18(22)23)10-4-2-9(21)7-13(10)15/h2-7,14-17H,1H3,(H,22,23)/t14-,15-,16+,17-/m0/s1. The quantitative estimate of drug-likeness (QED) is 0.672. The Labute approximate surface area is 161 Å². The van der Waals surface area contributed by atoms with Crippen molar-refractivity contribution in [3.8, 4) is 0 Å². The van der Waals surface area contributed by atoms with E-state index in [0.717, 1.165) is 31.2 Å². The number of fused-ring (bicyclic) bond motifs is 1. The van der Waals surface area contributed by atoms with Crippen LogP contribution in [0.25, 0.3) is 0 Å². The Balaban J connectivity index is 2.05. The molecule has 128 valence electrons. The Morgan fingerprint density at radius 1 is 0.880 bits per heavy atom. The first kappa shape index (κ1) is 16.8. The minimum atomic E-state index is -0.968. The van der Waals surface area contributed by atoms with Gasteiger partial charge in [0.1, 0.15) is 0 Å². The van der Waals surface area contributed by atoms with E-state index >= 15 is 0 Å². The molecule has 2 bridgehead atoms. The minimum Gasteiger partial charge on any atom is -0.481 e. The van der Waals surface area contributed by atoms with Crippen LogP contribution in [-0.2, 0) is 14.3 Å². The van der Waals surface area contributed by atoms with Crippen LogP contribution in [0.3, 0.4) is 0 Å². The van der Waals surface area contributed by atoms with E-state index in [1.54, 1.807) is 0 Å². The summed E-state index contributed by atoms with van der Waals surface area (Å²) >= 11 is 6.97. The number of benzene rings is 2. The van der Waals surface area contributed by atoms with Crippen LogP contribution in [0.5, 0.6) is 0 Å². The van der Waals surface area contributed by atoms with E-state index in [4.69, 9.17) is 4.74 Å². The highest BCUT2D eigenvalue weighted by Crippen LogP contribution is 2.59. The van der Waals surface area contributed by atoms with Gasteiger partial charge in [-0.2, -0.15) is 0 Å². The largest absolute Gasteiger partial charge is 0.481 e. The molecule has 0 saturated heterocycles. The van der Waals surface area contributed by atoms with Crippen molar-refractivity contribution in [3.05, 3.63) is 67.6 Å². The van der Waals surface area contributed by atoms with Gasteiger partial charge < -0.3 is 9.84 Å². The number of hydrogen-bond donors (Lipinski definition) is 1. The van der Waals surface area contributed by atoms with Gasteiger partial charge >= 0.3 is 11.9 Å². The third kappa shape index (κ3) is 2.38. The lowest BCUT2D eigenvalue weighted by atomic mass is 9.54. The Bertz CT molecular complexity index is 908. The zero-order valence-corrected chi connectivity index (χ0v) is 16.4. The monoisotopic (exact) mass is 464 g/mol. The fourth-order valence-electron chi connectivity index (χ4n) is 4.43. The van der Waals surface area contributed by atoms with E-state index in [9.17, 15) is 14.7 Å². The highest BCUT2D eigenvalue weighted by atomic mass is 79.9. The van der Waals surface area contributed by atoms with Crippen molar-refractivity contribution in [2.24, 2.45) is 11.8 Å². The second-order valence-corrected chi connectivity index (χ2v) is 8.25. The van der Waals surface area contributed by atoms with Crippen LogP contribution in [0.2, 0.25) is 0 Å². The average Bonchev–Trinajstić information content (AvgIpc) is 2.59. The van der Waals surface area contributed by atoms with Crippen LogP contribution in [0, 0.1) is 11.8 Å². The molecule has 4 nitrogen and oxygen atoms in total. The highest BCUT2D eigenvalue weighted by molar-refractivity contribution is 9.10. The van der Waals surface area contributed by atoms with E-state index in [2.05, 4.69) is 31.9 Å². The summed E-state index contributed by atoms with van der Waals surface area (Å²) in [6.45, 7) is 0. The van der Waals surface area contributed by atoms with Crippen molar-refractivity contribution >= 4 is 43.8 Å². The Morgan fingerprint density at radius 2 is 1.36 bits per heavy atom. The molecule has 0 amide bonds. The number of carbonyl (C=O) groups excluding carboxylic acids is 1. The average molecular weight is 466 g/mol. The molecule has 6 heteroatoms. The zero-order valence-electron chi connectivity index (χ0n) is 13.2. The van der Waals surface area contributed by atoms with E-state index in [1.807, 2.05) is 36.4 Å². The fourth-order valence-corrected chi connectivity index (χ4v) is 5.19. The number of aliphatic carboxylic acids is 1. The van der Waals surface area contributed by atoms with Gasteiger partial charge in [-0.05, 0) is 46.5 Å². The van der Waals surface area contributed by atoms with Crippen molar-refractivity contribution in [2.75, 3.05) is 7.11 Å². The van der Waals surface area contributed by atoms with Gasteiger partial charge in [0.15, 0.2) is 0 Å².